The maximum atomic E-state index is 12.8. The van der Waals surface area contributed by atoms with Crippen molar-refractivity contribution in [1.82, 2.24) is 0 Å². The number of esters is 1. The molecule has 6 nitrogen and oxygen atoms in total. The molecule has 1 aliphatic carbocycles. The van der Waals surface area contributed by atoms with Gasteiger partial charge in [-0.05, 0) is 54.8 Å². The van der Waals surface area contributed by atoms with E-state index in [-0.39, 0.29) is 24.1 Å². The van der Waals surface area contributed by atoms with Gasteiger partial charge < -0.3 is 9.47 Å². The molecule has 0 atom stereocenters. The van der Waals surface area contributed by atoms with E-state index in [2.05, 4.69) is 0 Å². The van der Waals surface area contributed by atoms with Gasteiger partial charge in [-0.25, -0.2) is 13.6 Å². The van der Waals surface area contributed by atoms with Crippen molar-refractivity contribution in [3.8, 4) is 5.75 Å². The number of hydrogen-bond donors (Lipinski definition) is 1. The van der Waals surface area contributed by atoms with E-state index in [1.54, 1.807) is 12.1 Å². The summed E-state index contributed by atoms with van der Waals surface area (Å²) in [5.41, 5.74) is 0.306. The van der Waals surface area contributed by atoms with Crippen LogP contribution >= 0.6 is 11.6 Å². The average molecular weight is 424 g/mol. The molecule has 1 aliphatic rings. The van der Waals surface area contributed by atoms with Crippen molar-refractivity contribution in [1.29, 1.82) is 0 Å². The molecule has 0 heterocycles. The minimum atomic E-state index is -3.73. The van der Waals surface area contributed by atoms with Crippen LogP contribution in [0.1, 0.15) is 31.2 Å². The first-order chi connectivity index (χ1) is 13.3. The summed E-state index contributed by atoms with van der Waals surface area (Å²) >= 11 is 5.97. The molecule has 0 radical (unpaired) electrons. The second-order valence-corrected chi connectivity index (χ2v) is 8.79. The summed E-state index contributed by atoms with van der Waals surface area (Å²) in [4.78, 5) is 12.8. The predicted molar refractivity (Wildman–Crippen MR) is 106 cm³/mol. The van der Waals surface area contributed by atoms with Gasteiger partial charge >= 0.3 is 5.97 Å². The van der Waals surface area contributed by atoms with Gasteiger partial charge in [0.1, 0.15) is 19.0 Å². The average Bonchev–Trinajstić information content (AvgIpc) is 3.16. The van der Waals surface area contributed by atoms with E-state index in [4.69, 9.17) is 26.2 Å². The van der Waals surface area contributed by atoms with Gasteiger partial charge in [0, 0.05) is 5.02 Å². The largest absolute Gasteiger partial charge is 0.490 e. The first-order valence-corrected chi connectivity index (χ1v) is 10.9. The first-order valence-electron chi connectivity index (χ1n) is 9.00. The molecule has 0 aromatic heterocycles. The van der Waals surface area contributed by atoms with Crippen molar-refractivity contribution >= 4 is 27.6 Å². The van der Waals surface area contributed by atoms with Gasteiger partial charge in [0.15, 0.2) is 0 Å². The third-order valence-electron chi connectivity index (χ3n) is 4.98. The highest BCUT2D eigenvalue weighted by Crippen LogP contribution is 2.42. The fourth-order valence-corrected chi connectivity index (χ4v) is 4.16. The van der Waals surface area contributed by atoms with E-state index < -0.39 is 15.4 Å². The summed E-state index contributed by atoms with van der Waals surface area (Å²) in [7, 11) is -3.73. The molecule has 0 saturated heterocycles. The standard InChI is InChI=1S/C20H22ClNO5S/c21-16-5-3-15(4-6-16)20(11-1-2-12-20)19(23)27-14-13-26-17-7-9-18(10-8-17)28(22,24)25/h3-10H,1-2,11-14H2,(H2,22,24,25). The van der Waals surface area contributed by atoms with Crippen molar-refractivity contribution in [3.63, 3.8) is 0 Å². The molecule has 0 unspecified atom stereocenters. The normalized spacial score (nSPS) is 15.9. The minimum Gasteiger partial charge on any atom is -0.490 e. The zero-order valence-corrected chi connectivity index (χ0v) is 16.8. The number of carbonyl (C=O) groups is 1. The summed E-state index contributed by atoms with van der Waals surface area (Å²) in [5, 5.41) is 5.69. The summed E-state index contributed by atoms with van der Waals surface area (Å²) in [6, 6.07) is 13.1. The van der Waals surface area contributed by atoms with Crippen LogP contribution in [0.2, 0.25) is 5.02 Å². The number of sulfonamides is 1. The number of benzene rings is 2. The van der Waals surface area contributed by atoms with E-state index in [9.17, 15) is 13.2 Å². The lowest BCUT2D eigenvalue weighted by atomic mass is 9.79. The van der Waals surface area contributed by atoms with E-state index in [1.807, 2.05) is 12.1 Å². The van der Waals surface area contributed by atoms with Crippen LogP contribution < -0.4 is 9.88 Å². The van der Waals surface area contributed by atoms with Crippen LogP contribution in [0, 0.1) is 0 Å². The molecule has 1 saturated carbocycles. The summed E-state index contributed by atoms with van der Waals surface area (Å²) in [6.07, 6.45) is 3.46. The van der Waals surface area contributed by atoms with Crippen LogP contribution in [0.3, 0.4) is 0 Å². The Morgan fingerprint density at radius 1 is 1.00 bits per heavy atom. The Labute approximate surface area is 169 Å². The molecule has 0 spiro atoms. The second-order valence-electron chi connectivity index (χ2n) is 6.80. The van der Waals surface area contributed by atoms with Crippen LogP contribution in [0.4, 0.5) is 0 Å². The maximum Gasteiger partial charge on any atom is 0.316 e. The lowest BCUT2D eigenvalue weighted by molar-refractivity contribution is -0.151. The molecule has 2 N–H and O–H groups in total. The lowest BCUT2D eigenvalue weighted by Gasteiger charge is -2.27. The third-order valence-corrected chi connectivity index (χ3v) is 6.16. The summed E-state index contributed by atoms with van der Waals surface area (Å²) in [6.45, 7) is 0.266. The van der Waals surface area contributed by atoms with Crippen molar-refractivity contribution in [2.45, 2.75) is 36.0 Å². The Morgan fingerprint density at radius 3 is 2.18 bits per heavy atom. The van der Waals surface area contributed by atoms with Crippen LogP contribution in [-0.4, -0.2) is 27.6 Å². The monoisotopic (exact) mass is 423 g/mol. The zero-order valence-electron chi connectivity index (χ0n) is 15.3. The van der Waals surface area contributed by atoms with Crippen molar-refractivity contribution in [2.24, 2.45) is 5.14 Å². The minimum absolute atomic E-state index is 0.0115. The number of hydrogen-bond acceptors (Lipinski definition) is 5. The van der Waals surface area contributed by atoms with Crippen LogP contribution in [0.5, 0.6) is 5.75 Å². The summed E-state index contributed by atoms with van der Waals surface area (Å²) in [5.74, 6) is 0.220. The highest BCUT2D eigenvalue weighted by Gasteiger charge is 2.44. The smallest absolute Gasteiger partial charge is 0.316 e. The Morgan fingerprint density at radius 2 is 1.61 bits per heavy atom. The highest BCUT2D eigenvalue weighted by molar-refractivity contribution is 7.89. The van der Waals surface area contributed by atoms with Gasteiger partial charge in [0.25, 0.3) is 0 Å². The Hall–Kier alpha value is -2.09. The van der Waals surface area contributed by atoms with Gasteiger partial charge in [0.05, 0.1) is 10.3 Å². The Balaban J connectivity index is 1.56. The van der Waals surface area contributed by atoms with Crippen molar-refractivity contribution in [2.75, 3.05) is 13.2 Å². The van der Waals surface area contributed by atoms with Gasteiger partial charge in [-0.15, -0.1) is 0 Å². The predicted octanol–water partition coefficient (Wildman–Crippen LogP) is 3.42. The molecular formula is C20H22ClNO5S. The molecule has 2 aromatic carbocycles. The molecule has 8 heteroatoms. The van der Waals surface area contributed by atoms with Crippen molar-refractivity contribution < 1.29 is 22.7 Å². The van der Waals surface area contributed by atoms with Crippen LogP contribution in [-0.2, 0) is 25.0 Å². The molecule has 3 rings (SSSR count). The van der Waals surface area contributed by atoms with E-state index in [1.165, 1.54) is 24.3 Å². The number of primary sulfonamides is 1. The molecule has 0 aliphatic heterocycles. The quantitative estimate of drug-likeness (QED) is 0.543. The van der Waals surface area contributed by atoms with E-state index >= 15 is 0 Å². The molecule has 1 fully saturated rings. The molecule has 0 amide bonds. The fraction of sp³-hybridized carbons (Fsp3) is 0.350. The molecular weight excluding hydrogens is 402 g/mol. The van der Waals surface area contributed by atoms with Crippen molar-refractivity contribution in [3.05, 3.63) is 59.1 Å². The first kappa shape index (κ1) is 20.6. The third kappa shape index (κ3) is 4.66. The second kappa shape index (κ2) is 8.51. The molecule has 2 aromatic rings. The SMILES string of the molecule is NS(=O)(=O)c1ccc(OCCOC(=O)C2(c3ccc(Cl)cc3)CCCC2)cc1. The van der Waals surface area contributed by atoms with Gasteiger partial charge in [-0.1, -0.05) is 36.6 Å². The zero-order chi connectivity index (χ0) is 20.2. The fourth-order valence-electron chi connectivity index (χ4n) is 3.52. The highest BCUT2D eigenvalue weighted by atomic mass is 35.5. The van der Waals surface area contributed by atoms with E-state index in [0.717, 1.165) is 31.2 Å². The molecule has 0 bridgehead atoms. The lowest BCUT2D eigenvalue weighted by Crippen LogP contribution is -2.35. The number of rotatable bonds is 7. The van der Waals surface area contributed by atoms with Gasteiger partial charge in [-0.3, -0.25) is 4.79 Å². The summed E-state index contributed by atoms with van der Waals surface area (Å²) < 4.78 is 33.5. The number of nitrogens with two attached hydrogens (primary N) is 1. The molecule has 150 valence electrons. The van der Waals surface area contributed by atoms with Crippen LogP contribution in [0.25, 0.3) is 0 Å². The number of carbonyl (C=O) groups excluding carboxylic acids is 1. The number of ether oxygens (including phenoxy) is 2. The Kier molecular flexibility index (Phi) is 6.27. The Bertz CT molecular complexity index is 920. The van der Waals surface area contributed by atoms with Gasteiger partial charge in [-0.2, -0.15) is 0 Å². The molecule has 28 heavy (non-hydrogen) atoms. The maximum absolute atomic E-state index is 12.8. The topological polar surface area (TPSA) is 95.7 Å². The van der Waals surface area contributed by atoms with E-state index in [0.29, 0.717) is 10.8 Å². The van der Waals surface area contributed by atoms with Crippen LogP contribution in [0.15, 0.2) is 53.4 Å². The number of halogens is 1. The van der Waals surface area contributed by atoms with Gasteiger partial charge in [0.2, 0.25) is 10.0 Å².